The van der Waals surface area contributed by atoms with Crippen LogP contribution in [0, 0.1) is 5.92 Å². The number of aryl methyl sites for hydroxylation is 1. The summed E-state index contributed by atoms with van der Waals surface area (Å²) in [6, 6.07) is 6.98. The number of hydrogen-bond acceptors (Lipinski definition) is 4. The first-order valence-electron chi connectivity index (χ1n) is 13.5. The molecule has 4 rings (SSSR count). The molecular weight excluding hydrogens is 440 g/mol. The van der Waals surface area contributed by atoms with Gasteiger partial charge in [-0.3, -0.25) is 19.3 Å². The van der Waals surface area contributed by atoms with Gasteiger partial charge in [-0.25, -0.2) is 0 Å². The predicted molar refractivity (Wildman–Crippen MR) is 137 cm³/mol. The van der Waals surface area contributed by atoms with Crippen molar-refractivity contribution in [1.82, 2.24) is 20.4 Å². The van der Waals surface area contributed by atoms with Crippen molar-refractivity contribution in [1.29, 1.82) is 0 Å². The van der Waals surface area contributed by atoms with Crippen LogP contribution in [0.15, 0.2) is 24.3 Å². The van der Waals surface area contributed by atoms with E-state index in [2.05, 4.69) is 28.8 Å². The molecule has 7 heteroatoms. The number of carbonyl (C=O) groups is 3. The largest absolute Gasteiger partial charge is 0.347 e. The van der Waals surface area contributed by atoms with Gasteiger partial charge in [0, 0.05) is 6.54 Å². The van der Waals surface area contributed by atoms with E-state index in [0.717, 1.165) is 51.4 Å². The van der Waals surface area contributed by atoms with Crippen molar-refractivity contribution >= 4 is 17.7 Å². The predicted octanol–water partition coefficient (Wildman–Crippen LogP) is 3.19. The summed E-state index contributed by atoms with van der Waals surface area (Å²) < 4.78 is 0. The summed E-state index contributed by atoms with van der Waals surface area (Å²) in [7, 11) is 3.73. The number of nitrogens with zero attached hydrogens (tertiary/aromatic N) is 2. The zero-order valence-electron chi connectivity index (χ0n) is 21.6. The summed E-state index contributed by atoms with van der Waals surface area (Å²) in [4.78, 5) is 43.9. The molecule has 0 bridgehead atoms. The number of carbonyl (C=O) groups excluding carboxylic acids is 3. The maximum absolute atomic E-state index is 13.9. The fourth-order valence-corrected chi connectivity index (χ4v) is 6.01. The van der Waals surface area contributed by atoms with E-state index in [1.54, 1.807) is 4.90 Å². The van der Waals surface area contributed by atoms with Crippen molar-refractivity contribution in [2.24, 2.45) is 5.92 Å². The van der Waals surface area contributed by atoms with Crippen molar-refractivity contribution in [3.05, 3.63) is 35.4 Å². The van der Waals surface area contributed by atoms with E-state index < -0.39 is 12.1 Å². The van der Waals surface area contributed by atoms with Crippen molar-refractivity contribution in [3.8, 4) is 0 Å². The molecule has 2 aliphatic carbocycles. The van der Waals surface area contributed by atoms with Gasteiger partial charge < -0.3 is 15.5 Å². The standard InChI is InChI=1S/C28H42N4O3/c1-19(31(2)3)26(33)30-25(21-12-5-4-6-13-21)28(35)32-18-10-17-24(32)27(34)29-23-16-9-14-20-11-7-8-15-22(20)23/h7-8,11,15,19,21,23-25H,4-6,9-10,12-14,16-18H2,1-3H3,(H,29,34)(H,30,33)/t19-,23+,24-,25-/m0/s1. The summed E-state index contributed by atoms with van der Waals surface area (Å²) in [5.41, 5.74) is 2.51. The van der Waals surface area contributed by atoms with Gasteiger partial charge in [0.2, 0.25) is 17.7 Å². The fourth-order valence-electron chi connectivity index (χ4n) is 6.01. The Morgan fingerprint density at radius 2 is 1.71 bits per heavy atom. The summed E-state index contributed by atoms with van der Waals surface area (Å²) in [6.07, 6.45) is 9.73. The molecule has 7 nitrogen and oxygen atoms in total. The second kappa shape index (κ2) is 11.5. The SMILES string of the molecule is C[C@@H](C(=O)N[C@H](C(=O)N1CCC[C@H]1C(=O)N[C@@H]1CCCc2ccccc21)C1CCCCC1)N(C)C. The third-order valence-electron chi connectivity index (χ3n) is 8.36. The van der Waals surface area contributed by atoms with Crippen molar-refractivity contribution < 1.29 is 14.4 Å². The lowest BCUT2D eigenvalue weighted by molar-refractivity contribution is -0.143. The van der Waals surface area contributed by atoms with E-state index >= 15 is 0 Å². The first kappa shape index (κ1) is 25.7. The maximum atomic E-state index is 13.9. The lowest BCUT2D eigenvalue weighted by Crippen LogP contribution is -2.58. The van der Waals surface area contributed by atoms with E-state index in [1.165, 1.54) is 17.5 Å². The Hall–Kier alpha value is -2.41. The number of benzene rings is 1. The average molecular weight is 483 g/mol. The molecule has 2 N–H and O–H groups in total. The molecule has 0 radical (unpaired) electrons. The van der Waals surface area contributed by atoms with Crippen LogP contribution in [0.5, 0.6) is 0 Å². The van der Waals surface area contributed by atoms with Gasteiger partial charge in [-0.2, -0.15) is 0 Å². The van der Waals surface area contributed by atoms with E-state index in [9.17, 15) is 14.4 Å². The van der Waals surface area contributed by atoms with E-state index in [4.69, 9.17) is 0 Å². The third-order valence-corrected chi connectivity index (χ3v) is 8.36. The van der Waals surface area contributed by atoms with Crippen LogP contribution in [-0.4, -0.2) is 66.3 Å². The van der Waals surface area contributed by atoms with Crippen LogP contribution in [0.3, 0.4) is 0 Å². The summed E-state index contributed by atoms with van der Waals surface area (Å²) >= 11 is 0. The van der Waals surface area contributed by atoms with Crippen LogP contribution in [0.25, 0.3) is 0 Å². The zero-order chi connectivity index (χ0) is 24.9. The molecular formula is C28H42N4O3. The van der Waals surface area contributed by atoms with Crippen LogP contribution in [0.1, 0.15) is 81.9 Å². The Morgan fingerprint density at radius 1 is 0.971 bits per heavy atom. The number of likely N-dealkylation sites (N-methyl/N-ethyl adjacent to an activating group) is 1. The highest BCUT2D eigenvalue weighted by molar-refractivity contribution is 5.93. The number of likely N-dealkylation sites (tertiary alicyclic amines) is 1. The topological polar surface area (TPSA) is 81.8 Å². The Kier molecular flexibility index (Phi) is 8.47. The van der Waals surface area contributed by atoms with Crippen molar-refractivity contribution in [3.63, 3.8) is 0 Å². The summed E-state index contributed by atoms with van der Waals surface area (Å²) in [5.74, 6) is -0.145. The molecule has 3 aliphatic rings. The Balaban J connectivity index is 1.48. The van der Waals surface area contributed by atoms with Crippen LogP contribution in [0.2, 0.25) is 0 Å². The molecule has 1 heterocycles. The number of amides is 3. The lowest BCUT2D eigenvalue weighted by atomic mass is 9.83. The second-order valence-corrected chi connectivity index (χ2v) is 10.9. The molecule has 1 saturated carbocycles. The number of hydrogen-bond donors (Lipinski definition) is 2. The minimum Gasteiger partial charge on any atom is -0.347 e. The maximum Gasteiger partial charge on any atom is 0.246 e. The number of rotatable bonds is 7. The quantitative estimate of drug-likeness (QED) is 0.625. The zero-order valence-corrected chi connectivity index (χ0v) is 21.6. The van der Waals surface area contributed by atoms with Gasteiger partial charge in [0.25, 0.3) is 0 Å². The van der Waals surface area contributed by atoms with Gasteiger partial charge in [0.15, 0.2) is 0 Å². The molecule has 0 spiro atoms. The normalized spacial score (nSPS) is 24.5. The molecule has 1 aliphatic heterocycles. The third kappa shape index (κ3) is 5.88. The molecule has 192 valence electrons. The highest BCUT2D eigenvalue weighted by Gasteiger charge is 2.41. The van der Waals surface area contributed by atoms with Gasteiger partial charge >= 0.3 is 0 Å². The monoisotopic (exact) mass is 482 g/mol. The van der Waals surface area contributed by atoms with Crippen molar-refractivity contribution in [2.45, 2.75) is 95.3 Å². The van der Waals surface area contributed by atoms with Crippen LogP contribution in [-0.2, 0) is 20.8 Å². The number of nitrogens with one attached hydrogen (secondary N) is 2. The Bertz CT molecular complexity index is 911. The Morgan fingerprint density at radius 3 is 2.46 bits per heavy atom. The van der Waals surface area contributed by atoms with Gasteiger partial charge in [-0.15, -0.1) is 0 Å². The highest BCUT2D eigenvalue weighted by Crippen LogP contribution is 2.32. The van der Waals surface area contributed by atoms with Gasteiger partial charge in [-0.05, 0) is 83.0 Å². The van der Waals surface area contributed by atoms with Gasteiger partial charge in [0.1, 0.15) is 12.1 Å². The Labute approximate surface area is 210 Å². The minimum atomic E-state index is -0.561. The van der Waals surface area contributed by atoms with Crippen LogP contribution < -0.4 is 10.6 Å². The average Bonchev–Trinajstić information content (AvgIpc) is 3.37. The first-order chi connectivity index (χ1) is 16.9. The molecule has 1 aromatic rings. The molecule has 4 atom stereocenters. The molecule has 35 heavy (non-hydrogen) atoms. The minimum absolute atomic E-state index is 0.000197. The second-order valence-electron chi connectivity index (χ2n) is 10.9. The number of fused-ring (bicyclic) bond motifs is 1. The summed E-state index contributed by atoms with van der Waals surface area (Å²) in [6.45, 7) is 2.42. The van der Waals surface area contributed by atoms with Gasteiger partial charge in [-0.1, -0.05) is 43.5 Å². The van der Waals surface area contributed by atoms with Gasteiger partial charge in [0.05, 0.1) is 12.1 Å². The summed E-state index contributed by atoms with van der Waals surface area (Å²) in [5, 5.41) is 6.36. The fraction of sp³-hybridized carbons (Fsp3) is 0.679. The smallest absolute Gasteiger partial charge is 0.246 e. The molecule has 1 aromatic carbocycles. The van der Waals surface area contributed by atoms with E-state index in [-0.39, 0.29) is 35.7 Å². The lowest BCUT2D eigenvalue weighted by Gasteiger charge is -2.36. The highest BCUT2D eigenvalue weighted by atomic mass is 16.2. The molecule has 2 fully saturated rings. The van der Waals surface area contributed by atoms with E-state index in [0.29, 0.717) is 13.0 Å². The van der Waals surface area contributed by atoms with Crippen molar-refractivity contribution in [2.75, 3.05) is 20.6 Å². The molecule has 0 aromatic heterocycles. The van der Waals surface area contributed by atoms with Crippen LogP contribution in [0.4, 0.5) is 0 Å². The van der Waals surface area contributed by atoms with E-state index in [1.807, 2.05) is 32.0 Å². The van der Waals surface area contributed by atoms with Crippen LogP contribution >= 0.6 is 0 Å². The molecule has 1 saturated heterocycles. The molecule has 3 amide bonds. The first-order valence-corrected chi connectivity index (χ1v) is 13.5. The molecule has 0 unspecified atom stereocenters.